The molecule has 0 saturated heterocycles. The molecular weight excluding hydrogens is 264 g/mol. The van der Waals surface area contributed by atoms with Gasteiger partial charge in [-0.05, 0) is 29.8 Å². The number of nitrogens with one attached hydrogen (secondary N) is 2. The lowest BCUT2D eigenvalue weighted by Gasteiger charge is -2.08. The summed E-state index contributed by atoms with van der Waals surface area (Å²) >= 11 is 0. The second-order valence-corrected chi connectivity index (χ2v) is 4.11. The van der Waals surface area contributed by atoms with E-state index in [1.54, 1.807) is 24.5 Å². The van der Waals surface area contributed by atoms with Crippen molar-refractivity contribution in [2.24, 2.45) is 0 Å². The summed E-state index contributed by atoms with van der Waals surface area (Å²) in [6.45, 7) is 0.280. The molecule has 0 saturated carbocycles. The van der Waals surface area contributed by atoms with Crippen LogP contribution in [0.25, 0.3) is 0 Å². The molecule has 4 nitrogen and oxygen atoms in total. The first-order chi connectivity index (χ1) is 9.65. The van der Waals surface area contributed by atoms with Crippen LogP contribution in [-0.2, 0) is 11.3 Å². The van der Waals surface area contributed by atoms with E-state index in [1.165, 1.54) is 6.07 Å². The average Bonchev–Trinajstić information content (AvgIpc) is 2.45. The SMILES string of the molecule is O=C(CNc1ccc(F)cc1F)NCc1ccncc1. The second-order valence-electron chi connectivity index (χ2n) is 4.11. The van der Waals surface area contributed by atoms with Crippen LogP contribution in [0.1, 0.15) is 5.56 Å². The fourth-order valence-corrected chi connectivity index (χ4v) is 1.57. The molecule has 0 atom stereocenters. The number of rotatable bonds is 5. The van der Waals surface area contributed by atoms with E-state index in [9.17, 15) is 13.6 Å². The molecule has 0 aliphatic carbocycles. The van der Waals surface area contributed by atoms with Crippen molar-refractivity contribution in [3.63, 3.8) is 0 Å². The molecule has 104 valence electrons. The number of anilines is 1. The van der Waals surface area contributed by atoms with E-state index in [1.807, 2.05) is 0 Å². The third-order valence-corrected chi connectivity index (χ3v) is 2.61. The molecular formula is C14H13F2N3O. The Kier molecular flexibility index (Phi) is 4.60. The van der Waals surface area contributed by atoms with Crippen LogP contribution in [0.15, 0.2) is 42.7 Å². The third kappa shape index (κ3) is 4.01. The van der Waals surface area contributed by atoms with Gasteiger partial charge in [0.15, 0.2) is 0 Å². The highest BCUT2D eigenvalue weighted by molar-refractivity contribution is 5.80. The quantitative estimate of drug-likeness (QED) is 0.880. The average molecular weight is 277 g/mol. The van der Waals surface area contributed by atoms with Crippen molar-refractivity contribution in [2.45, 2.75) is 6.54 Å². The van der Waals surface area contributed by atoms with Crippen molar-refractivity contribution in [2.75, 3.05) is 11.9 Å². The predicted molar refractivity (Wildman–Crippen MR) is 70.9 cm³/mol. The molecule has 0 unspecified atom stereocenters. The Bertz CT molecular complexity index is 590. The normalized spacial score (nSPS) is 10.1. The number of amides is 1. The van der Waals surface area contributed by atoms with Gasteiger partial charge in [0.05, 0.1) is 12.2 Å². The van der Waals surface area contributed by atoms with Gasteiger partial charge in [-0.2, -0.15) is 0 Å². The maximum absolute atomic E-state index is 13.3. The zero-order valence-corrected chi connectivity index (χ0v) is 10.6. The highest BCUT2D eigenvalue weighted by Crippen LogP contribution is 2.14. The Morgan fingerprint density at radius 3 is 2.60 bits per heavy atom. The van der Waals surface area contributed by atoms with Gasteiger partial charge in [0.2, 0.25) is 5.91 Å². The number of aromatic nitrogens is 1. The Labute approximate surface area is 114 Å². The van der Waals surface area contributed by atoms with E-state index in [-0.39, 0.29) is 18.1 Å². The summed E-state index contributed by atoms with van der Waals surface area (Å²) in [7, 11) is 0. The van der Waals surface area contributed by atoms with Crippen LogP contribution >= 0.6 is 0 Å². The van der Waals surface area contributed by atoms with Crippen LogP contribution in [-0.4, -0.2) is 17.4 Å². The molecule has 1 heterocycles. The highest BCUT2D eigenvalue weighted by Gasteiger charge is 2.06. The Hall–Kier alpha value is -2.50. The Morgan fingerprint density at radius 1 is 1.15 bits per heavy atom. The van der Waals surface area contributed by atoms with Gasteiger partial charge in [-0.25, -0.2) is 8.78 Å². The molecule has 20 heavy (non-hydrogen) atoms. The van der Waals surface area contributed by atoms with E-state index in [4.69, 9.17) is 0 Å². The lowest BCUT2D eigenvalue weighted by atomic mass is 10.2. The topological polar surface area (TPSA) is 54.0 Å². The summed E-state index contributed by atoms with van der Waals surface area (Å²) in [5.74, 6) is -1.67. The molecule has 1 aromatic heterocycles. The summed E-state index contributed by atoms with van der Waals surface area (Å²) in [4.78, 5) is 15.5. The minimum Gasteiger partial charge on any atom is -0.374 e. The molecule has 0 aliphatic heterocycles. The molecule has 2 aromatic rings. The van der Waals surface area contributed by atoms with Gasteiger partial charge < -0.3 is 10.6 Å². The van der Waals surface area contributed by atoms with Crippen molar-refractivity contribution < 1.29 is 13.6 Å². The van der Waals surface area contributed by atoms with Gasteiger partial charge in [0, 0.05) is 25.0 Å². The Morgan fingerprint density at radius 2 is 1.90 bits per heavy atom. The van der Waals surface area contributed by atoms with Gasteiger partial charge >= 0.3 is 0 Å². The van der Waals surface area contributed by atoms with Gasteiger partial charge in [-0.15, -0.1) is 0 Å². The predicted octanol–water partition coefficient (Wildman–Crippen LogP) is 2.09. The number of benzene rings is 1. The number of carbonyl (C=O) groups is 1. The van der Waals surface area contributed by atoms with Crippen molar-refractivity contribution in [1.29, 1.82) is 0 Å². The molecule has 2 rings (SSSR count). The first-order valence-corrected chi connectivity index (χ1v) is 5.99. The van der Waals surface area contributed by atoms with Crippen LogP contribution < -0.4 is 10.6 Å². The van der Waals surface area contributed by atoms with Gasteiger partial charge in [0.1, 0.15) is 11.6 Å². The number of nitrogens with zero attached hydrogens (tertiary/aromatic N) is 1. The van der Waals surface area contributed by atoms with Crippen LogP contribution in [0.5, 0.6) is 0 Å². The number of hydrogen-bond donors (Lipinski definition) is 2. The number of hydrogen-bond acceptors (Lipinski definition) is 3. The highest BCUT2D eigenvalue weighted by atomic mass is 19.1. The van der Waals surface area contributed by atoms with E-state index in [0.717, 1.165) is 17.7 Å². The molecule has 0 spiro atoms. The molecule has 1 amide bonds. The lowest BCUT2D eigenvalue weighted by Crippen LogP contribution is -2.29. The number of pyridine rings is 1. The fourth-order valence-electron chi connectivity index (χ4n) is 1.57. The summed E-state index contributed by atoms with van der Waals surface area (Å²) in [5, 5.41) is 5.28. The van der Waals surface area contributed by atoms with Crippen molar-refractivity contribution in [3.05, 3.63) is 59.9 Å². The molecule has 0 bridgehead atoms. The van der Waals surface area contributed by atoms with Gasteiger partial charge in [-0.1, -0.05) is 0 Å². The largest absolute Gasteiger partial charge is 0.374 e. The van der Waals surface area contributed by atoms with Gasteiger partial charge in [0.25, 0.3) is 0 Å². The zero-order chi connectivity index (χ0) is 14.4. The molecule has 1 aromatic carbocycles. The van der Waals surface area contributed by atoms with Crippen molar-refractivity contribution in [1.82, 2.24) is 10.3 Å². The molecule has 0 fully saturated rings. The standard InChI is InChI=1S/C14H13F2N3O/c15-11-1-2-13(12(16)7-11)18-9-14(20)19-8-10-3-5-17-6-4-10/h1-7,18H,8-9H2,(H,19,20). The van der Waals surface area contributed by atoms with Crippen LogP contribution in [0.4, 0.5) is 14.5 Å². The van der Waals surface area contributed by atoms with E-state index in [0.29, 0.717) is 6.54 Å². The number of halogens is 2. The smallest absolute Gasteiger partial charge is 0.239 e. The third-order valence-electron chi connectivity index (χ3n) is 2.61. The maximum atomic E-state index is 13.3. The maximum Gasteiger partial charge on any atom is 0.239 e. The van der Waals surface area contributed by atoms with Crippen LogP contribution in [0, 0.1) is 11.6 Å². The second kappa shape index (κ2) is 6.60. The van der Waals surface area contributed by atoms with E-state index < -0.39 is 11.6 Å². The van der Waals surface area contributed by atoms with Crippen molar-refractivity contribution in [3.8, 4) is 0 Å². The van der Waals surface area contributed by atoms with E-state index in [2.05, 4.69) is 15.6 Å². The van der Waals surface area contributed by atoms with Crippen molar-refractivity contribution >= 4 is 11.6 Å². The number of carbonyl (C=O) groups excluding carboxylic acids is 1. The lowest BCUT2D eigenvalue weighted by molar-refractivity contribution is -0.119. The monoisotopic (exact) mass is 277 g/mol. The molecule has 0 radical (unpaired) electrons. The molecule has 0 aliphatic rings. The first-order valence-electron chi connectivity index (χ1n) is 5.99. The minimum absolute atomic E-state index is 0.0884. The first kappa shape index (κ1) is 13.9. The summed E-state index contributed by atoms with van der Waals surface area (Å²) < 4.78 is 26.0. The summed E-state index contributed by atoms with van der Waals surface area (Å²) in [6, 6.07) is 6.71. The zero-order valence-electron chi connectivity index (χ0n) is 10.6. The molecule has 6 heteroatoms. The van der Waals surface area contributed by atoms with Gasteiger partial charge in [-0.3, -0.25) is 9.78 Å². The summed E-state index contributed by atoms with van der Waals surface area (Å²) in [5.41, 5.74) is 1.01. The Balaban J connectivity index is 1.80. The van der Waals surface area contributed by atoms with Crippen LogP contribution in [0.3, 0.4) is 0 Å². The van der Waals surface area contributed by atoms with E-state index >= 15 is 0 Å². The summed E-state index contributed by atoms with van der Waals surface area (Å²) in [6.07, 6.45) is 3.27. The van der Waals surface area contributed by atoms with Crippen LogP contribution in [0.2, 0.25) is 0 Å². The fraction of sp³-hybridized carbons (Fsp3) is 0.143. The molecule has 2 N–H and O–H groups in total. The minimum atomic E-state index is -0.730.